The van der Waals surface area contributed by atoms with E-state index in [-0.39, 0.29) is 11.3 Å². The van der Waals surface area contributed by atoms with Gasteiger partial charge in [0.1, 0.15) is 5.75 Å². The minimum absolute atomic E-state index is 0.0379. The standard InChI is InChI=1S/C33H39N3O5/c1-32(2,3)22-17-21(16-20-12-14-23(40-7)15-13-20)29-25(18-22)28(24-10-8-9-11-26(24)34-29)30(38)41-19-27(37)35-31(39)36-33(4,5)6/h8-16,22H,17-19H2,1-7H3,(H2,35,36,37,39)/b21-16-. The number of nitrogens with one attached hydrogen (secondary N) is 2. The van der Waals surface area contributed by atoms with Crippen LogP contribution in [0.5, 0.6) is 5.75 Å². The number of urea groups is 1. The molecule has 1 atom stereocenters. The molecule has 216 valence electrons. The third-order valence-electron chi connectivity index (χ3n) is 7.18. The van der Waals surface area contributed by atoms with E-state index < -0.39 is 30.1 Å². The number of amides is 3. The normalized spacial score (nSPS) is 16.2. The summed E-state index contributed by atoms with van der Waals surface area (Å²) in [5, 5.41) is 5.53. The third kappa shape index (κ3) is 7.31. The van der Waals surface area contributed by atoms with Gasteiger partial charge >= 0.3 is 12.0 Å². The van der Waals surface area contributed by atoms with Gasteiger partial charge in [0.25, 0.3) is 5.91 Å². The average Bonchev–Trinajstić information content (AvgIpc) is 2.89. The Hall–Kier alpha value is -4.20. The third-order valence-corrected chi connectivity index (χ3v) is 7.18. The van der Waals surface area contributed by atoms with Gasteiger partial charge in [-0.05, 0) is 85.9 Å². The quantitative estimate of drug-likeness (QED) is 0.363. The molecule has 0 radical (unpaired) electrons. The zero-order valence-corrected chi connectivity index (χ0v) is 24.9. The molecular weight excluding hydrogens is 518 g/mol. The van der Waals surface area contributed by atoms with Gasteiger partial charge < -0.3 is 14.8 Å². The molecule has 8 heteroatoms. The summed E-state index contributed by atoms with van der Waals surface area (Å²) in [5.41, 5.74) is 4.14. The van der Waals surface area contributed by atoms with E-state index in [0.717, 1.165) is 34.6 Å². The van der Waals surface area contributed by atoms with Crippen molar-refractivity contribution < 1.29 is 23.9 Å². The van der Waals surface area contributed by atoms with Gasteiger partial charge in [0.15, 0.2) is 6.61 Å². The monoisotopic (exact) mass is 557 g/mol. The molecule has 8 nitrogen and oxygen atoms in total. The van der Waals surface area contributed by atoms with E-state index in [1.807, 2.05) is 48.5 Å². The summed E-state index contributed by atoms with van der Waals surface area (Å²) >= 11 is 0. The largest absolute Gasteiger partial charge is 0.497 e. The molecule has 1 aliphatic rings. The highest BCUT2D eigenvalue weighted by atomic mass is 16.5. The van der Waals surface area contributed by atoms with Crippen molar-refractivity contribution in [3.8, 4) is 5.75 Å². The molecule has 4 rings (SSSR count). The van der Waals surface area contributed by atoms with E-state index in [9.17, 15) is 14.4 Å². The predicted molar refractivity (Wildman–Crippen MR) is 161 cm³/mol. The van der Waals surface area contributed by atoms with Crippen LogP contribution in [-0.2, 0) is 16.0 Å². The van der Waals surface area contributed by atoms with Crippen LogP contribution in [0.1, 0.15) is 75.1 Å². The Bertz CT molecular complexity index is 1490. The number of allylic oxidation sites excluding steroid dienone is 1. The summed E-state index contributed by atoms with van der Waals surface area (Å²) in [7, 11) is 1.64. The highest BCUT2D eigenvalue weighted by molar-refractivity contribution is 6.07. The number of ether oxygens (including phenoxy) is 2. The summed E-state index contributed by atoms with van der Waals surface area (Å²) in [6, 6.07) is 14.6. The fourth-order valence-corrected chi connectivity index (χ4v) is 5.01. The number of para-hydroxylation sites is 1. The molecule has 0 saturated carbocycles. The Kier molecular flexibility index (Phi) is 8.52. The molecular formula is C33H39N3O5. The molecule has 0 fully saturated rings. The Balaban J connectivity index is 1.73. The summed E-state index contributed by atoms with van der Waals surface area (Å²) in [6.07, 6.45) is 3.56. The fourth-order valence-electron chi connectivity index (χ4n) is 5.01. The number of pyridine rings is 1. The van der Waals surface area contributed by atoms with Gasteiger partial charge in [-0.1, -0.05) is 51.1 Å². The predicted octanol–water partition coefficient (Wildman–Crippen LogP) is 6.17. The molecule has 3 amide bonds. The van der Waals surface area contributed by atoms with E-state index >= 15 is 0 Å². The smallest absolute Gasteiger partial charge is 0.339 e. The molecule has 3 aromatic rings. The van der Waals surface area contributed by atoms with E-state index in [4.69, 9.17) is 14.5 Å². The van der Waals surface area contributed by atoms with Crippen molar-refractivity contribution in [2.24, 2.45) is 11.3 Å². The van der Waals surface area contributed by atoms with Gasteiger partial charge in [0.2, 0.25) is 0 Å². The number of hydrogen-bond donors (Lipinski definition) is 2. The first-order chi connectivity index (χ1) is 19.2. The van der Waals surface area contributed by atoms with Gasteiger partial charge in [-0.3, -0.25) is 10.1 Å². The van der Waals surface area contributed by atoms with Crippen molar-refractivity contribution in [1.29, 1.82) is 0 Å². The van der Waals surface area contributed by atoms with Crippen molar-refractivity contribution in [1.82, 2.24) is 15.6 Å². The molecule has 0 spiro atoms. The van der Waals surface area contributed by atoms with E-state index in [0.29, 0.717) is 22.9 Å². The SMILES string of the molecule is COc1ccc(/C=C2/CC(C(C)(C)C)Cc3c2nc2ccccc2c3C(=O)OCC(=O)NC(=O)NC(C)(C)C)cc1. The van der Waals surface area contributed by atoms with Crippen LogP contribution in [0.4, 0.5) is 4.79 Å². The van der Waals surface area contributed by atoms with E-state index in [1.54, 1.807) is 27.9 Å². The molecule has 1 aromatic heterocycles. The van der Waals surface area contributed by atoms with Crippen LogP contribution in [0.15, 0.2) is 48.5 Å². The second-order valence-electron chi connectivity index (χ2n) is 12.6. The average molecular weight is 558 g/mol. The Morgan fingerprint density at radius 1 is 0.976 bits per heavy atom. The van der Waals surface area contributed by atoms with Crippen LogP contribution < -0.4 is 15.4 Å². The lowest BCUT2D eigenvalue weighted by Gasteiger charge is -2.36. The number of nitrogens with zero attached hydrogens (tertiary/aromatic N) is 1. The number of rotatable bonds is 5. The summed E-state index contributed by atoms with van der Waals surface area (Å²) in [4.78, 5) is 43.2. The number of carbonyl (C=O) groups excluding carboxylic acids is 3. The minimum atomic E-state index is -0.708. The Morgan fingerprint density at radius 2 is 1.66 bits per heavy atom. The van der Waals surface area contributed by atoms with Crippen molar-refractivity contribution >= 4 is 40.5 Å². The second kappa shape index (κ2) is 11.7. The number of aromatic nitrogens is 1. The van der Waals surface area contributed by atoms with Gasteiger partial charge in [0.05, 0.1) is 23.9 Å². The second-order valence-corrected chi connectivity index (χ2v) is 12.6. The minimum Gasteiger partial charge on any atom is -0.497 e. The maximum Gasteiger partial charge on any atom is 0.339 e. The van der Waals surface area contributed by atoms with Gasteiger partial charge in [-0.15, -0.1) is 0 Å². The topological polar surface area (TPSA) is 107 Å². The number of hydrogen-bond acceptors (Lipinski definition) is 6. The molecule has 0 aliphatic heterocycles. The van der Waals surface area contributed by atoms with Crippen LogP contribution >= 0.6 is 0 Å². The molecule has 2 aromatic carbocycles. The first-order valence-electron chi connectivity index (χ1n) is 13.8. The number of carbonyl (C=O) groups is 3. The molecule has 1 heterocycles. The molecule has 41 heavy (non-hydrogen) atoms. The van der Waals surface area contributed by atoms with Crippen LogP contribution in [0.2, 0.25) is 0 Å². The Labute approximate surface area is 241 Å². The first kappa shape index (κ1) is 29.8. The van der Waals surface area contributed by atoms with Crippen LogP contribution in [0.25, 0.3) is 22.6 Å². The van der Waals surface area contributed by atoms with Crippen molar-refractivity contribution in [2.45, 2.75) is 59.9 Å². The van der Waals surface area contributed by atoms with E-state index in [1.165, 1.54) is 0 Å². The van der Waals surface area contributed by atoms with Crippen LogP contribution in [-0.4, -0.2) is 42.1 Å². The number of benzene rings is 2. The molecule has 2 N–H and O–H groups in total. The molecule has 0 saturated heterocycles. The van der Waals surface area contributed by atoms with E-state index in [2.05, 4.69) is 37.5 Å². The number of imide groups is 1. The highest BCUT2D eigenvalue weighted by Crippen LogP contribution is 2.45. The van der Waals surface area contributed by atoms with Crippen LogP contribution in [0.3, 0.4) is 0 Å². The van der Waals surface area contributed by atoms with Crippen molar-refractivity contribution in [3.05, 3.63) is 70.9 Å². The highest BCUT2D eigenvalue weighted by Gasteiger charge is 2.35. The fraction of sp³-hybridized carbons (Fsp3) is 0.394. The number of methoxy groups -OCH3 is 1. The molecule has 1 unspecified atom stereocenters. The zero-order chi connectivity index (χ0) is 29.9. The van der Waals surface area contributed by atoms with Gasteiger partial charge in [0, 0.05) is 10.9 Å². The summed E-state index contributed by atoms with van der Waals surface area (Å²) in [5.74, 6) is -0.319. The Morgan fingerprint density at radius 3 is 2.29 bits per heavy atom. The summed E-state index contributed by atoms with van der Waals surface area (Å²) < 4.78 is 10.8. The first-order valence-corrected chi connectivity index (χ1v) is 13.8. The van der Waals surface area contributed by atoms with Gasteiger partial charge in [-0.25, -0.2) is 14.6 Å². The zero-order valence-electron chi connectivity index (χ0n) is 24.9. The number of fused-ring (bicyclic) bond motifs is 2. The maximum absolute atomic E-state index is 13.7. The maximum atomic E-state index is 13.7. The number of esters is 1. The lowest BCUT2D eigenvalue weighted by atomic mass is 9.69. The van der Waals surface area contributed by atoms with Crippen molar-refractivity contribution in [2.75, 3.05) is 13.7 Å². The summed E-state index contributed by atoms with van der Waals surface area (Å²) in [6.45, 7) is 11.4. The lowest BCUT2D eigenvalue weighted by molar-refractivity contribution is -0.123. The molecule has 1 aliphatic carbocycles. The van der Waals surface area contributed by atoms with Crippen LogP contribution in [0, 0.1) is 11.3 Å². The molecule has 0 bridgehead atoms. The lowest BCUT2D eigenvalue weighted by Crippen LogP contribution is -2.49. The van der Waals surface area contributed by atoms with Crippen molar-refractivity contribution in [3.63, 3.8) is 0 Å². The van der Waals surface area contributed by atoms with Gasteiger partial charge in [-0.2, -0.15) is 0 Å².